The summed E-state index contributed by atoms with van der Waals surface area (Å²) in [5.41, 5.74) is -0.500. The van der Waals surface area contributed by atoms with Crippen LogP contribution in [-0.2, 0) is 9.53 Å². The summed E-state index contributed by atoms with van der Waals surface area (Å²) in [6, 6.07) is 0. The molecule has 1 rings (SSSR count). The maximum Gasteiger partial charge on any atom is 0.311 e. The Labute approximate surface area is 121 Å². The van der Waals surface area contributed by atoms with E-state index in [0.717, 1.165) is 19.3 Å². The third-order valence-electron chi connectivity index (χ3n) is 4.00. The Balaban J connectivity index is 2.37. The van der Waals surface area contributed by atoms with E-state index >= 15 is 0 Å². The van der Waals surface area contributed by atoms with E-state index < -0.39 is 17.6 Å². The van der Waals surface area contributed by atoms with E-state index in [1.165, 1.54) is 0 Å². The summed E-state index contributed by atoms with van der Waals surface area (Å²) in [7, 11) is 0. The predicted molar refractivity (Wildman–Crippen MR) is 78.1 cm³/mol. The van der Waals surface area contributed by atoms with Crippen LogP contribution in [0.3, 0.4) is 0 Å². The average molecular weight is 284 g/mol. The molecule has 4 atom stereocenters. The Morgan fingerprint density at radius 1 is 1.25 bits per heavy atom. The number of carbonyl (C=O) groups is 1. The normalized spacial score (nSPS) is 30.2. The third kappa shape index (κ3) is 4.60. The zero-order valence-electron chi connectivity index (χ0n) is 12.8. The number of carbonyl (C=O) groups excluding carboxylic acids is 1. The number of rotatable bonds is 6. The van der Waals surface area contributed by atoms with E-state index in [1.807, 2.05) is 26.8 Å². The smallest absolute Gasteiger partial charge is 0.311 e. The molecule has 0 heterocycles. The number of hydrogen-bond donors (Lipinski definition) is 2. The van der Waals surface area contributed by atoms with E-state index in [1.54, 1.807) is 0 Å². The molecular formula is C16H28O4. The summed E-state index contributed by atoms with van der Waals surface area (Å²) >= 11 is 0. The molecule has 0 aromatic carbocycles. The highest BCUT2D eigenvalue weighted by Gasteiger charge is 2.40. The van der Waals surface area contributed by atoms with Gasteiger partial charge in [-0.25, -0.2) is 0 Å². The van der Waals surface area contributed by atoms with Crippen LogP contribution in [0.2, 0.25) is 0 Å². The molecule has 20 heavy (non-hydrogen) atoms. The highest BCUT2D eigenvalue weighted by Crippen LogP contribution is 2.36. The molecule has 0 aliphatic heterocycles. The molecule has 0 bridgehead atoms. The van der Waals surface area contributed by atoms with Crippen LogP contribution >= 0.6 is 0 Å². The fourth-order valence-electron chi connectivity index (χ4n) is 2.65. The van der Waals surface area contributed by atoms with Gasteiger partial charge in [-0.05, 0) is 58.3 Å². The lowest BCUT2D eigenvalue weighted by atomic mass is 9.97. The largest absolute Gasteiger partial charge is 0.465 e. The molecule has 0 aromatic rings. The van der Waals surface area contributed by atoms with Crippen molar-refractivity contribution in [3.8, 4) is 0 Å². The van der Waals surface area contributed by atoms with Crippen molar-refractivity contribution in [1.29, 1.82) is 0 Å². The maximum absolute atomic E-state index is 11.6. The van der Waals surface area contributed by atoms with Crippen molar-refractivity contribution < 1.29 is 19.7 Å². The Morgan fingerprint density at radius 2 is 1.80 bits per heavy atom. The summed E-state index contributed by atoms with van der Waals surface area (Å²) in [5.74, 6) is -0.104. The van der Waals surface area contributed by atoms with Gasteiger partial charge >= 0.3 is 5.97 Å². The van der Waals surface area contributed by atoms with Crippen LogP contribution in [0.5, 0.6) is 0 Å². The first-order chi connectivity index (χ1) is 9.27. The first-order valence-corrected chi connectivity index (χ1v) is 7.41. The minimum atomic E-state index is -0.710. The molecule has 4 heteroatoms. The minimum absolute atomic E-state index is 0.00702. The summed E-state index contributed by atoms with van der Waals surface area (Å²) in [6.45, 7) is 9.42. The number of allylic oxidation sites excluding steroid dienone is 1. The lowest BCUT2D eigenvalue weighted by Gasteiger charge is -2.19. The van der Waals surface area contributed by atoms with Gasteiger partial charge in [0.1, 0.15) is 0 Å². The van der Waals surface area contributed by atoms with Crippen molar-refractivity contribution in [2.75, 3.05) is 6.61 Å². The standard InChI is InChI=1S/C16H28O4/c1-5-6-7-11-10-12(14(18)13(11)17)8-9-20-15(19)16(2,3)4/h5,11-14,17-18H,1,6-10H2,2-4H3/t11-,12-,13-,14+/m0/s1. The molecule has 0 spiro atoms. The zero-order chi connectivity index (χ0) is 15.3. The topological polar surface area (TPSA) is 66.8 Å². The second-order valence-electron chi connectivity index (χ2n) is 6.78. The van der Waals surface area contributed by atoms with E-state index in [0.29, 0.717) is 13.0 Å². The SMILES string of the molecule is C=CCC[C@H]1C[C@H](CCOC(=O)C(C)(C)C)[C@@H](O)[C@H]1O. The molecule has 1 saturated carbocycles. The van der Waals surface area contributed by atoms with Crippen LogP contribution in [0.25, 0.3) is 0 Å². The molecule has 0 saturated heterocycles. The third-order valence-corrected chi connectivity index (χ3v) is 4.00. The van der Waals surface area contributed by atoms with Gasteiger partial charge in [-0.3, -0.25) is 4.79 Å². The lowest BCUT2D eigenvalue weighted by Crippen LogP contribution is -2.29. The van der Waals surface area contributed by atoms with Crippen LogP contribution in [0.1, 0.15) is 46.5 Å². The van der Waals surface area contributed by atoms with Crippen LogP contribution in [-0.4, -0.2) is 35.0 Å². The van der Waals surface area contributed by atoms with Crippen LogP contribution < -0.4 is 0 Å². The Hall–Kier alpha value is -0.870. The first-order valence-electron chi connectivity index (χ1n) is 7.41. The molecule has 2 N–H and O–H groups in total. The number of aliphatic hydroxyl groups is 2. The minimum Gasteiger partial charge on any atom is -0.465 e. The summed E-state index contributed by atoms with van der Waals surface area (Å²) in [6.07, 6.45) is 3.53. The van der Waals surface area contributed by atoms with E-state index in [4.69, 9.17) is 4.74 Å². The van der Waals surface area contributed by atoms with Crippen molar-refractivity contribution in [2.24, 2.45) is 17.3 Å². The van der Waals surface area contributed by atoms with Crippen LogP contribution in [0.4, 0.5) is 0 Å². The number of aliphatic hydroxyl groups excluding tert-OH is 2. The second kappa shape index (κ2) is 7.23. The molecule has 1 aliphatic carbocycles. The van der Waals surface area contributed by atoms with Gasteiger partial charge in [-0.1, -0.05) is 6.08 Å². The monoisotopic (exact) mass is 284 g/mol. The average Bonchev–Trinajstić information content (AvgIpc) is 2.63. The highest BCUT2D eigenvalue weighted by atomic mass is 16.5. The van der Waals surface area contributed by atoms with Gasteiger partial charge in [0.25, 0.3) is 0 Å². The molecule has 0 amide bonds. The van der Waals surface area contributed by atoms with Gasteiger partial charge in [0.15, 0.2) is 0 Å². The Bertz CT molecular complexity index is 332. The van der Waals surface area contributed by atoms with Gasteiger partial charge in [0.05, 0.1) is 24.2 Å². The molecular weight excluding hydrogens is 256 g/mol. The molecule has 4 nitrogen and oxygen atoms in total. The van der Waals surface area contributed by atoms with E-state index in [2.05, 4.69) is 6.58 Å². The van der Waals surface area contributed by atoms with E-state index in [-0.39, 0.29) is 17.8 Å². The van der Waals surface area contributed by atoms with Crippen molar-refractivity contribution in [3.05, 3.63) is 12.7 Å². The quantitative estimate of drug-likeness (QED) is 0.580. The number of ether oxygens (including phenoxy) is 1. The zero-order valence-corrected chi connectivity index (χ0v) is 12.8. The summed E-state index contributed by atoms with van der Waals surface area (Å²) in [5, 5.41) is 20.0. The maximum atomic E-state index is 11.6. The lowest BCUT2D eigenvalue weighted by molar-refractivity contribution is -0.153. The van der Waals surface area contributed by atoms with E-state index in [9.17, 15) is 15.0 Å². The van der Waals surface area contributed by atoms with Crippen molar-refractivity contribution >= 4 is 5.97 Å². The van der Waals surface area contributed by atoms with Crippen LogP contribution in [0.15, 0.2) is 12.7 Å². The highest BCUT2D eigenvalue weighted by molar-refractivity contribution is 5.75. The van der Waals surface area contributed by atoms with Crippen LogP contribution in [0, 0.1) is 17.3 Å². The van der Waals surface area contributed by atoms with Gasteiger partial charge in [0.2, 0.25) is 0 Å². The van der Waals surface area contributed by atoms with Gasteiger partial charge in [-0.2, -0.15) is 0 Å². The summed E-state index contributed by atoms with van der Waals surface area (Å²) in [4.78, 5) is 11.6. The van der Waals surface area contributed by atoms with Crippen molar-refractivity contribution in [2.45, 2.75) is 58.7 Å². The van der Waals surface area contributed by atoms with Gasteiger partial charge in [-0.15, -0.1) is 6.58 Å². The Morgan fingerprint density at radius 3 is 2.30 bits per heavy atom. The first kappa shape index (κ1) is 17.2. The molecule has 1 fully saturated rings. The fraction of sp³-hybridized carbons (Fsp3) is 0.812. The van der Waals surface area contributed by atoms with Crippen molar-refractivity contribution in [3.63, 3.8) is 0 Å². The molecule has 0 aromatic heterocycles. The fourth-order valence-corrected chi connectivity index (χ4v) is 2.65. The predicted octanol–water partition coefficient (Wildman–Crippen LogP) is 2.29. The molecule has 1 aliphatic rings. The number of esters is 1. The molecule has 0 radical (unpaired) electrons. The molecule has 0 unspecified atom stereocenters. The second-order valence-corrected chi connectivity index (χ2v) is 6.78. The Kier molecular flexibility index (Phi) is 6.21. The summed E-state index contributed by atoms with van der Waals surface area (Å²) < 4.78 is 5.22. The van der Waals surface area contributed by atoms with Gasteiger partial charge < -0.3 is 14.9 Å². The number of hydrogen-bond acceptors (Lipinski definition) is 4. The van der Waals surface area contributed by atoms with Crippen molar-refractivity contribution in [1.82, 2.24) is 0 Å². The molecule has 116 valence electrons. The van der Waals surface area contributed by atoms with Gasteiger partial charge in [0, 0.05) is 0 Å².